The van der Waals surface area contributed by atoms with Gasteiger partial charge in [-0.2, -0.15) is 10.2 Å². The van der Waals surface area contributed by atoms with Crippen LogP contribution in [0.1, 0.15) is 24.1 Å². The second-order valence-corrected chi connectivity index (χ2v) is 6.99. The number of nitrogens with zero attached hydrogens (tertiary/aromatic N) is 6. The van der Waals surface area contributed by atoms with Gasteiger partial charge in [0.05, 0.1) is 11.6 Å². The van der Waals surface area contributed by atoms with E-state index >= 15 is 0 Å². The van der Waals surface area contributed by atoms with Crippen LogP contribution < -0.4 is 14.7 Å². The highest BCUT2D eigenvalue weighted by Crippen LogP contribution is 2.23. The molecule has 2 aliphatic heterocycles. The topological polar surface area (TPSA) is 59.3 Å². The maximum atomic E-state index is 8.94. The molecule has 134 valence electrons. The van der Waals surface area contributed by atoms with Crippen molar-refractivity contribution in [2.45, 2.75) is 19.8 Å². The molecule has 0 saturated carbocycles. The van der Waals surface area contributed by atoms with Gasteiger partial charge in [-0.3, -0.25) is 0 Å². The average molecular weight is 348 g/mol. The first-order chi connectivity index (χ1) is 12.7. The van der Waals surface area contributed by atoms with Crippen LogP contribution in [0.2, 0.25) is 0 Å². The van der Waals surface area contributed by atoms with E-state index < -0.39 is 0 Å². The van der Waals surface area contributed by atoms with Crippen molar-refractivity contribution < 1.29 is 0 Å². The van der Waals surface area contributed by atoms with E-state index in [4.69, 9.17) is 10.2 Å². The lowest BCUT2D eigenvalue weighted by atomic mass is 10.2. The minimum absolute atomic E-state index is 0.704. The summed E-state index contributed by atoms with van der Waals surface area (Å²) in [6, 6.07) is 12.1. The van der Waals surface area contributed by atoms with E-state index in [1.165, 1.54) is 18.5 Å². The number of rotatable bonds is 3. The van der Waals surface area contributed by atoms with Crippen molar-refractivity contribution in [2.75, 3.05) is 54.0 Å². The van der Waals surface area contributed by atoms with Gasteiger partial charge >= 0.3 is 0 Å². The lowest BCUT2D eigenvalue weighted by Crippen LogP contribution is -2.47. The molecule has 6 nitrogen and oxygen atoms in total. The van der Waals surface area contributed by atoms with Crippen LogP contribution in [0, 0.1) is 18.3 Å². The molecule has 0 atom stereocenters. The van der Waals surface area contributed by atoms with E-state index in [9.17, 15) is 0 Å². The Kier molecular flexibility index (Phi) is 4.61. The van der Waals surface area contributed by atoms with Crippen LogP contribution in [0.5, 0.6) is 0 Å². The molecule has 0 bridgehead atoms. The maximum absolute atomic E-state index is 8.94. The molecule has 2 fully saturated rings. The largest absolute Gasteiger partial charge is 0.368 e. The summed E-state index contributed by atoms with van der Waals surface area (Å²) in [5.74, 6) is 1.92. The van der Waals surface area contributed by atoms with Gasteiger partial charge in [0.15, 0.2) is 0 Å². The normalized spacial score (nSPS) is 17.5. The Balaban J connectivity index is 1.45. The predicted molar refractivity (Wildman–Crippen MR) is 104 cm³/mol. The highest BCUT2D eigenvalue weighted by Gasteiger charge is 2.21. The van der Waals surface area contributed by atoms with E-state index in [0.717, 1.165) is 56.7 Å². The monoisotopic (exact) mass is 348 g/mol. The Morgan fingerprint density at radius 1 is 0.846 bits per heavy atom. The highest BCUT2D eigenvalue weighted by molar-refractivity contribution is 5.52. The van der Waals surface area contributed by atoms with Crippen LogP contribution in [0.25, 0.3) is 0 Å². The summed E-state index contributed by atoms with van der Waals surface area (Å²) >= 11 is 0. The molecule has 0 spiro atoms. The fraction of sp³-hybridized carbons (Fsp3) is 0.450. The average Bonchev–Trinajstić information content (AvgIpc) is 3.23. The van der Waals surface area contributed by atoms with Gasteiger partial charge < -0.3 is 14.7 Å². The third-order valence-electron chi connectivity index (χ3n) is 5.18. The molecular formula is C20H24N6. The van der Waals surface area contributed by atoms with Gasteiger partial charge in [0.25, 0.3) is 0 Å². The minimum atomic E-state index is 0.704. The molecule has 0 N–H and O–H groups in total. The Morgan fingerprint density at radius 3 is 2.15 bits per heavy atom. The molecule has 26 heavy (non-hydrogen) atoms. The summed E-state index contributed by atoms with van der Waals surface area (Å²) in [5, 5.41) is 8.94. The van der Waals surface area contributed by atoms with Crippen LogP contribution in [-0.2, 0) is 0 Å². The van der Waals surface area contributed by atoms with Crippen molar-refractivity contribution in [2.24, 2.45) is 0 Å². The predicted octanol–water partition coefficient (Wildman–Crippen LogP) is 2.58. The van der Waals surface area contributed by atoms with E-state index in [-0.39, 0.29) is 0 Å². The van der Waals surface area contributed by atoms with Crippen LogP contribution >= 0.6 is 0 Å². The second-order valence-electron chi connectivity index (χ2n) is 6.99. The van der Waals surface area contributed by atoms with Crippen molar-refractivity contribution in [3.05, 3.63) is 41.6 Å². The number of nitriles is 1. The number of benzene rings is 1. The third kappa shape index (κ3) is 3.43. The van der Waals surface area contributed by atoms with Crippen LogP contribution in [0.3, 0.4) is 0 Å². The number of hydrogen-bond donors (Lipinski definition) is 0. The number of aryl methyl sites for hydroxylation is 1. The van der Waals surface area contributed by atoms with Crippen LogP contribution in [0.4, 0.5) is 17.5 Å². The van der Waals surface area contributed by atoms with Gasteiger partial charge in [0.1, 0.15) is 5.82 Å². The second kappa shape index (κ2) is 7.20. The molecule has 0 amide bonds. The van der Waals surface area contributed by atoms with E-state index in [1.54, 1.807) is 0 Å². The molecule has 4 rings (SSSR count). The van der Waals surface area contributed by atoms with E-state index in [0.29, 0.717) is 5.56 Å². The Morgan fingerprint density at radius 2 is 1.50 bits per heavy atom. The van der Waals surface area contributed by atoms with Gasteiger partial charge in [0.2, 0.25) is 5.95 Å². The third-order valence-corrected chi connectivity index (χ3v) is 5.18. The van der Waals surface area contributed by atoms with Crippen molar-refractivity contribution in [1.82, 2.24) is 9.97 Å². The Labute approximate surface area is 154 Å². The summed E-state index contributed by atoms with van der Waals surface area (Å²) in [6.45, 7) is 7.93. The molecule has 2 aliphatic rings. The van der Waals surface area contributed by atoms with Crippen molar-refractivity contribution in [3.63, 3.8) is 0 Å². The molecule has 2 saturated heterocycles. The van der Waals surface area contributed by atoms with Crippen molar-refractivity contribution in [1.29, 1.82) is 5.26 Å². The number of hydrogen-bond acceptors (Lipinski definition) is 6. The first kappa shape index (κ1) is 16.6. The van der Waals surface area contributed by atoms with Crippen LogP contribution in [0.15, 0.2) is 30.3 Å². The van der Waals surface area contributed by atoms with Crippen molar-refractivity contribution in [3.8, 4) is 6.07 Å². The lowest BCUT2D eigenvalue weighted by Gasteiger charge is -2.36. The summed E-state index contributed by atoms with van der Waals surface area (Å²) in [5.41, 5.74) is 2.91. The molecule has 2 aromatic rings. The quantitative estimate of drug-likeness (QED) is 0.850. The number of anilines is 3. The maximum Gasteiger partial charge on any atom is 0.227 e. The standard InChI is InChI=1S/C20H24N6/c1-16-14-19(25-8-2-3-9-25)23-20(22-16)26-12-10-24(11-13-26)18-6-4-17(15-21)5-7-18/h4-7,14H,2-3,8-13H2,1H3. The number of aromatic nitrogens is 2. The zero-order valence-electron chi connectivity index (χ0n) is 15.2. The molecule has 3 heterocycles. The molecule has 1 aromatic carbocycles. The zero-order valence-corrected chi connectivity index (χ0v) is 15.2. The van der Waals surface area contributed by atoms with Gasteiger partial charge in [-0.15, -0.1) is 0 Å². The van der Waals surface area contributed by atoms with Gasteiger partial charge in [-0.1, -0.05) is 0 Å². The van der Waals surface area contributed by atoms with Crippen molar-refractivity contribution >= 4 is 17.5 Å². The molecule has 6 heteroatoms. The van der Waals surface area contributed by atoms with E-state index in [2.05, 4.69) is 38.7 Å². The molecular weight excluding hydrogens is 324 g/mol. The highest BCUT2D eigenvalue weighted by atomic mass is 15.3. The minimum Gasteiger partial charge on any atom is -0.368 e. The lowest BCUT2D eigenvalue weighted by molar-refractivity contribution is 0.638. The fourth-order valence-corrected chi connectivity index (χ4v) is 3.70. The van der Waals surface area contributed by atoms with Gasteiger partial charge in [-0.05, 0) is 44.0 Å². The van der Waals surface area contributed by atoms with Gasteiger partial charge in [0, 0.05) is 56.7 Å². The molecule has 0 unspecified atom stereocenters. The summed E-state index contributed by atoms with van der Waals surface area (Å²) in [6.07, 6.45) is 2.50. The zero-order chi connectivity index (χ0) is 17.9. The smallest absolute Gasteiger partial charge is 0.227 e. The first-order valence-electron chi connectivity index (χ1n) is 9.33. The summed E-state index contributed by atoms with van der Waals surface area (Å²) in [4.78, 5) is 16.5. The van der Waals surface area contributed by atoms with E-state index in [1.807, 2.05) is 24.3 Å². The fourth-order valence-electron chi connectivity index (χ4n) is 3.70. The molecule has 0 radical (unpaired) electrons. The molecule has 0 aliphatic carbocycles. The summed E-state index contributed by atoms with van der Waals surface area (Å²) in [7, 11) is 0. The van der Waals surface area contributed by atoms with Crippen LogP contribution in [-0.4, -0.2) is 49.2 Å². The summed E-state index contributed by atoms with van der Waals surface area (Å²) < 4.78 is 0. The Bertz CT molecular complexity index is 796. The molecule has 1 aromatic heterocycles. The SMILES string of the molecule is Cc1cc(N2CCCC2)nc(N2CCN(c3ccc(C#N)cc3)CC2)n1. The first-order valence-corrected chi connectivity index (χ1v) is 9.33. The van der Waals surface area contributed by atoms with Gasteiger partial charge in [-0.25, -0.2) is 4.98 Å². The Hall–Kier alpha value is -2.81. The number of piperazine rings is 1.